The summed E-state index contributed by atoms with van der Waals surface area (Å²) >= 11 is 2.13. The average molecular weight is 395 g/mol. The van der Waals surface area contributed by atoms with Gasteiger partial charge >= 0.3 is 0 Å². The Morgan fingerprint density at radius 2 is 1.74 bits per heavy atom. The molecule has 0 amide bonds. The molecule has 0 heterocycles. The van der Waals surface area contributed by atoms with Crippen LogP contribution in [0.5, 0.6) is 0 Å². The Labute approximate surface area is 127 Å². The van der Waals surface area contributed by atoms with Gasteiger partial charge in [-0.1, -0.05) is 19.3 Å². The van der Waals surface area contributed by atoms with Crippen molar-refractivity contribution in [1.82, 2.24) is 4.72 Å². The zero-order valence-electron chi connectivity index (χ0n) is 10.6. The van der Waals surface area contributed by atoms with Crippen LogP contribution in [-0.4, -0.2) is 25.7 Å². The topological polar surface area (TPSA) is 66.4 Å². The molecule has 1 aromatic rings. The summed E-state index contributed by atoms with van der Waals surface area (Å²) < 4.78 is 28.4. The Hall–Kier alpha value is -0.180. The first-order valence-corrected chi connectivity index (χ1v) is 8.94. The summed E-state index contributed by atoms with van der Waals surface area (Å²) in [6.45, 7) is -0.142. The lowest BCUT2D eigenvalue weighted by Gasteiger charge is -2.36. The fraction of sp³-hybridized carbons (Fsp3) is 0.538. The second-order valence-electron chi connectivity index (χ2n) is 5.06. The lowest BCUT2D eigenvalue weighted by Crippen LogP contribution is -2.52. The summed E-state index contributed by atoms with van der Waals surface area (Å²) in [4.78, 5) is 0.256. The van der Waals surface area contributed by atoms with Crippen LogP contribution in [0.2, 0.25) is 0 Å². The quantitative estimate of drug-likeness (QED) is 0.769. The minimum absolute atomic E-state index is 0.142. The van der Waals surface area contributed by atoms with E-state index in [0.29, 0.717) is 12.8 Å². The van der Waals surface area contributed by atoms with Crippen molar-refractivity contribution in [3.63, 3.8) is 0 Å². The van der Waals surface area contributed by atoms with Gasteiger partial charge in [0.1, 0.15) is 0 Å². The Bertz CT molecular complexity index is 521. The van der Waals surface area contributed by atoms with Crippen LogP contribution in [0.3, 0.4) is 0 Å². The Morgan fingerprint density at radius 3 is 2.26 bits per heavy atom. The van der Waals surface area contributed by atoms with Gasteiger partial charge in [0.05, 0.1) is 17.0 Å². The van der Waals surface area contributed by atoms with Crippen LogP contribution in [0.25, 0.3) is 0 Å². The van der Waals surface area contributed by atoms with Gasteiger partial charge in [-0.05, 0) is 59.7 Å². The van der Waals surface area contributed by atoms with Gasteiger partial charge in [0.25, 0.3) is 0 Å². The summed E-state index contributed by atoms with van der Waals surface area (Å²) in [6.07, 6.45) is 4.42. The predicted octanol–water partition coefficient (Wildman–Crippen LogP) is 2.26. The normalized spacial score (nSPS) is 19.3. The van der Waals surface area contributed by atoms with Crippen molar-refractivity contribution in [2.45, 2.75) is 42.5 Å². The maximum atomic E-state index is 12.4. The van der Waals surface area contributed by atoms with Crippen molar-refractivity contribution in [2.24, 2.45) is 0 Å². The van der Waals surface area contributed by atoms with E-state index in [1.54, 1.807) is 24.3 Å². The molecule has 2 N–H and O–H groups in total. The predicted molar refractivity (Wildman–Crippen MR) is 82.4 cm³/mol. The molecule has 0 unspecified atom stereocenters. The van der Waals surface area contributed by atoms with E-state index in [1.807, 2.05) is 0 Å². The van der Waals surface area contributed by atoms with E-state index in [1.165, 1.54) is 0 Å². The SMILES string of the molecule is O=S(=O)(NC1(CO)CCCCC1)c1ccc(I)cc1. The molecule has 6 heteroatoms. The Balaban J connectivity index is 2.22. The van der Waals surface area contributed by atoms with E-state index in [9.17, 15) is 13.5 Å². The minimum atomic E-state index is -3.56. The highest BCUT2D eigenvalue weighted by Crippen LogP contribution is 2.29. The average Bonchev–Trinajstić information content (AvgIpc) is 2.40. The minimum Gasteiger partial charge on any atom is -0.394 e. The molecule has 0 radical (unpaired) electrons. The van der Waals surface area contributed by atoms with Gasteiger partial charge in [-0.2, -0.15) is 0 Å². The zero-order valence-corrected chi connectivity index (χ0v) is 13.6. The van der Waals surface area contributed by atoms with Gasteiger partial charge in [-0.15, -0.1) is 0 Å². The standard InChI is InChI=1S/C13H18INO3S/c14-11-4-6-12(7-5-11)19(17,18)15-13(10-16)8-2-1-3-9-13/h4-7,15-16H,1-3,8-10H2. The molecule has 4 nitrogen and oxygen atoms in total. The number of hydrogen-bond donors (Lipinski definition) is 2. The molecule has 1 aliphatic rings. The number of halogens is 1. The van der Waals surface area contributed by atoms with Crippen molar-refractivity contribution in [3.05, 3.63) is 27.8 Å². The van der Waals surface area contributed by atoms with E-state index in [4.69, 9.17) is 0 Å². The molecule has 19 heavy (non-hydrogen) atoms. The molecule has 106 valence electrons. The summed E-state index contributed by atoms with van der Waals surface area (Å²) in [5.41, 5.74) is -0.680. The van der Waals surface area contributed by atoms with Gasteiger partial charge in [-0.25, -0.2) is 13.1 Å². The molecule has 1 aromatic carbocycles. The van der Waals surface area contributed by atoms with Crippen molar-refractivity contribution in [1.29, 1.82) is 0 Å². The van der Waals surface area contributed by atoms with Gasteiger partial charge in [0.15, 0.2) is 0 Å². The highest BCUT2D eigenvalue weighted by Gasteiger charge is 2.35. The molecule has 1 aliphatic carbocycles. The molecule has 0 aromatic heterocycles. The van der Waals surface area contributed by atoms with Gasteiger partial charge < -0.3 is 5.11 Å². The van der Waals surface area contributed by atoms with Crippen LogP contribution in [0.4, 0.5) is 0 Å². The molecule has 0 aliphatic heterocycles. The molecule has 0 atom stereocenters. The summed E-state index contributed by atoms with van der Waals surface area (Å²) in [6, 6.07) is 6.72. The lowest BCUT2D eigenvalue weighted by atomic mass is 9.83. The van der Waals surface area contributed by atoms with Crippen LogP contribution in [-0.2, 0) is 10.0 Å². The first-order chi connectivity index (χ1) is 8.97. The van der Waals surface area contributed by atoms with E-state index in [-0.39, 0.29) is 11.5 Å². The second-order valence-corrected chi connectivity index (χ2v) is 7.99. The van der Waals surface area contributed by atoms with Crippen molar-refractivity contribution in [2.75, 3.05) is 6.61 Å². The first kappa shape index (κ1) is 15.2. The summed E-state index contributed by atoms with van der Waals surface area (Å²) in [5.74, 6) is 0. The highest BCUT2D eigenvalue weighted by molar-refractivity contribution is 14.1. The van der Waals surface area contributed by atoms with Gasteiger partial charge in [0.2, 0.25) is 10.0 Å². The van der Waals surface area contributed by atoms with Crippen molar-refractivity contribution in [3.8, 4) is 0 Å². The first-order valence-electron chi connectivity index (χ1n) is 6.38. The van der Waals surface area contributed by atoms with Gasteiger partial charge in [0, 0.05) is 3.57 Å². The fourth-order valence-corrected chi connectivity index (χ4v) is 4.29. The van der Waals surface area contributed by atoms with Crippen LogP contribution in [0.1, 0.15) is 32.1 Å². The lowest BCUT2D eigenvalue weighted by molar-refractivity contribution is 0.142. The second kappa shape index (κ2) is 6.07. The summed E-state index contributed by atoms with van der Waals surface area (Å²) in [5, 5.41) is 9.57. The Kier molecular flexibility index (Phi) is 4.86. The molecule has 2 rings (SSSR count). The van der Waals surface area contributed by atoms with Crippen LogP contribution >= 0.6 is 22.6 Å². The molecular weight excluding hydrogens is 377 g/mol. The monoisotopic (exact) mass is 395 g/mol. The molecule has 1 fully saturated rings. The molecule has 1 saturated carbocycles. The number of benzene rings is 1. The van der Waals surface area contributed by atoms with E-state index >= 15 is 0 Å². The maximum absolute atomic E-state index is 12.4. The Morgan fingerprint density at radius 1 is 1.16 bits per heavy atom. The zero-order chi connectivity index (χ0) is 13.9. The van der Waals surface area contributed by atoms with Crippen molar-refractivity contribution < 1.29 is 13.5 Å². The third-order valence-electron chi connectivity index (χ3n) is 3.59. The molecule has 0 bridgehead atoms. The maximum Gasteiger partial charge on any atom is 0.241 e. The van der Waals surface area contributed by atoms with Crippen LogP contribution in [0.15, 0.2) is 29.2 Å². The van der Waals surface area contributed by atoms with Crippen LogP contribution in [0, 0.1) is 3.57 Å². The fourth-order valence-electron chi connectivity index (χ4n) is 2.48. The molecule has 0 spiro atoms. The van der Waals surface area contributed by atoms with E-state index < -0.39 is 15.6 Å². The van der Waals surface area contributed by atoms with Crippen LogP contribution < -0.4 is 4.72 Å². The van der Waals surface area contributed by atoms with Crippen molar-refractivity contribution >= 4 is 32.6 Å². The van der Waals surface area contributed by atoms with E-state index in [0.717, 1.165) is 22.8 Å². The number of aliphatic hydroxyl groups excluding tert-OH is 1. The number of hydrogen-bond acceptors (Lipinski definition) is 3. The number of rotatable bonds is 4. The smallest absolute Gasteiger partial charge is 0.241 e. The molecular formula is C13H18INO3S. The van der Waals surface area contributed by atoms with Gasteiger partial charge in [-0.3, -0.25) is 0 Å². The molecule has 0 saturated heterocycles. The third-order valence-corrected chi connectivity index (χ3v) is 5.90. The number of sulfonamides is 1. The highest BCUT2D eigenvalue weighted by atomic mass is 127. The summed E-state index contributed by atoms with van der Waals surface area (Å²) in [7, 11) is -3.56. The third kappa shape index (κ3) is 3.68. The van der Waals surface area contributed by atoms with E-state index in [2.05, 4.69) is 27.3 Å². The number of aliphatic hydroxyl groups is 1. The largest absolute Gasteiger partial charge is 0.394 e. The number of nitrogens with one attached hydrogen (secondary N) is 1.